The van der Waals surface area contributed by atoms with Crippen molar-refractivity contribution in [1.29, 1.82) is 0 Å². The van der Waals surface area contributed by atoms with Crippen LogP contribution in [0.1, 0.15) is 55.4 Å². The number of hydrogen-bond acceptors (Lipinski definition) is 3. The van der Waals surface area contributed by atoms with Crippen molar-refractivity contribution in [2.24, 2.45) is 5.92 Å². The zero-order valence-electron chi connectivity index (χ0n) is 11.7. The maximum Gasteiger partial charge on any atom is 0.305 e. The molecule has 0 heterocycles. The van der Waals surface area contributed by atoms with Crippen LogP contribution in [0.2, 0.25) is 0 Å². The number of carboxylic acids is 1. The average Bonchev–Trinajstić information content (AvgIpc) is 1.99. The average molecular weight is 234 g/mol. The molecule has 0 saturated heterocycles. The smallest absolute Gasteiger partial charge is 0.305 e. The second-order valence-corrected chi connectivity index (χ2v) is 5.88. The van der Waals surface area contributed by atoms with Gasteiger partial charge in [0.2, 0.25) is 0 Å². The molecule has 0 rings (SSSR count). The normalized spacial score (nSPS) is 12.1. The van der Waals surface area contributed by atoms with Crippen molar-refractivity contribution in [3.8, 4) is 0 Å². The second kappa shape index (κ2) is 6.86. The fraction of sp³-hybridized carbons (Fsp3) is 0.917. The van der Waals surface area contributed by atoms with Crippen molar-refractivity contribution in [2.75, 3.05) is 0 Å². The van der Waals surface area contributed by atoms with Crippen molar-refractivity contribution in [2.45, 2.75) is 66.6 Å². The minimum absolute atomic E-state index is 0.215. The van der Waals surface area contributed by atoms with Gasteiger partial charge in [-0.25, -0.2) is 9.78 Å². The number of hydrogen-bond donors (Lipinski definition) is 1. The Morgan fingerprint density at radius 1 is 0.938 bits per heavy atom. The Labute approximate surface area is 98.9 Å². The Bertz CT molecular complexity index is 182. The van der Waals surface area contributed by atoms with Gasteiger partial charge >= 0.3 is 5.97 Å². The second-order valence-electron chi connectivity index (χ2n) is 5.88. The lowest BCUT2D eigenvalue weighted by Gasteiger charge is -2.24. The van der Waals surface area contributed by atoms with Crippen LogP contribution in [0.15, 0.2) is 0 Å². The van der Waals surface area contributed by atoms with E-state index in [1.807, 2.05) is 41.5 Å². The molecule has 0 unspecified atom stereocenters. The van der Waals surface area contributed by atoms with Gasteiger partial charge in [0.1, 0.15) is 0 Å². The summed E-state index contributed by atoms with van der Waals surface area (Å²) in [6.07, 6.45) is 0. The van der Waals surface area contributed by atoms with Gasteiger partial charge in [-0.2, -0.15) is 0 Å². The van der Waals surface area contributed by atoms with Crippen LogP contribution >= 0.6 is 0 Å². The molecule has 98 valence electrons. The minimum atomic E-state index is -0.741. The molecule has 0 aliphatic rings. The Morgan fingerprint density at radius 2 is 1.12 bits per heavy atom. The quantitative estimate of drug-likeness (QED) is 0.588. The molecule has 0 aliphatic heterocycles. The maximum atomic E-state index is 9.70. The molecule has 0 aromatic heterocycles. The van der Waals surface area contributed by atoms with Gasteiger partial charge in [0.15, 0.2) is 0 Å². The number of aliphatic carboxylic acids is 1. The molecule has 0 amide bonds. The summed E-state index contributed by atoms with van der Waals surface area (Å²) in [6, 6.07) is 0. The van der Waals surface area contributed by atoms with Crippen LogP contribution in [0.4, 0.5) is 0 Å². The van der Waals surface area contributed by atoms with Crippen molar-refractivity contribution in [1.82, 2.24) is 0 Å². The van der Waals surface area contributed by atoms with Crippen molar-refractivity contribution >= 4 is 5.97 Å². The van der Waals surface area contributed by atoms with Crippen molar-refractivity contribution < 1.29 is 19.7 Å². The largest absolute Gasteiger partial charge is 0.481 e. The summed E-state index contributed by atoms with van der Waals surface area (Å²) in [4.78, 5) is 19.9. The third-order valence-corrected chi connectivity index (χ3v) is 1.04. The van der Waals surface area contributed by atoms with E-state index >= 15 is 0 Å². The van der Waals surface area contributed by atoms with Gasteiger partial charge in [-0.1, -0.05) is 13.8 Å². The monoisotopic (exact) mass is 234 g/mol. The molecule has 16 heavy (non-hydrogen) atoms. The Balaban J connectivity index is 0. The molecule has 0 aromatic rings. The third-order valence-electron chi connectivity index (χ3n) is 1.04. The van der Waals surface area contributed by atoms with Crippen LogP contribution in [-0.4, -0.2) is 22.3 Å². The number of carboxylic acid groups (broad SMARTS) is 1. The summed E-state index contributed by atoms with van der Waals surface area (Å²) in [5.41, 5.74) is -0.430. The van der Waals surface area contributed by atoms with Crippen LogP contribution in [0.5, 0.6) is 0 Å². The molecule has 0 bridgehead atoms. The van der Waals surface area contributed by atoms with Crippen LogP contribution in [0.25, 0.3) is 0 Å². The molecular formula is C12H26O4. The molecule has 1 N–H and O–H groups in total. The van der Waals surface area contributed by atoms with E-state index in [4.69, 9.17) is 14.9 Å². The van der Waals surface area contributed by atoms with Gasteiger partial charge in [0.25, 0.3) is 0 Å². The van der Waals surface area contributed by atoms with Crippen LogP contribution in [0.3, 0.4) is 0 Å². The van der Waals surface area contributed by atoms with Gasteiger partial charge in [0.05, 0.1) is 17.1 Å². The van der Waals surface area contributed by atoms with E-state index in [1.54, 1.807) is 13.8 Å². The Hall–Kier alpha value is -0.610. The highest BCUT2D eigenvalue weighted by atomic mass is 17.2. The zero-order chi connectivity index (χ0) is 13.6. The van der Waals surface area contributed by atoms with Crippen molar-refractivity contribution in [3.05, 3.63) is 0 Å². The van der Waals surface area contributed by atoms with Gasteiger partial charge in [-0.15, -0.1) is 0 Å². The Morgan fingerprint density at radius 3 is 1.19 bits per heavy atom. The predicted molar refractivity (Wildman–Crippen MR) is 64.1 cm³/mol. The summed E-state index contributed by atoms with van der Waals surface area (Å²) in [5.74, 6) is -0.972. The van der Waals surface area contributed by atoms with Gasteiger partial charge in [-0.3, -0.25) is 4.79 Å². The minimum Gasteiger partial charge on any atom is -0.481 e. The van der Waals surface area contributed by atoms with Crippen LogP contribution < -0.4 is 0 Å². The molecule has 0 atom stereocenters. The summed E-state index contributed by atoms with van der Waals surface area (Å²) in [6.45, 7) is 15.0. The van der Waals surface area contributed by atoms with Gasteiger partial charge in [0, 0.05) is 0 Å². The number of rotatable bonds is 2. The summed E-state index contributed by atoms with van der Waals surface area (Å²) in [7, 11) is 0. The lowest BCUT2D eigenvalue weighted by atomic mass is 10.2. The molecule has 4 heteroatoms. The summed E-state index contributed by atoms with van der Waals surface area (Å²) < 4.78 is 0. The first kappa shape index (κ1) is 17.8. The fourth-order valence-electron chi connectivity index (χ4n) is 0.250. The predicted octanol–water partition coefficient (Wildman–Crippen LogP) is 3.26. The standard InChI is InChI=1S/C8H18O2.C4H8O2/c1-7(2,3)9-10-8(4,5)6;1-3(2)4(5)6/h1-6H3;3H,1-2H3,(H,5,6). The molecule has 0 spiro atoms. The maximum absolute atomic E-state index is 9.70. The first-order valence-electron chi connectivity index (χ1n) is 5.45. The lowest BCUT2D eigenvalue weighted by molar-refractivity contribution is -0.393. The van der Waals surface area contributed by atoms with Crippen molar-refractivity contribution in [3.63, 3.8) is 0 Å². The highest BCUT2D eigenvalue weighted by Gasteiger charge is 2.18. The van der Waals surface area contributed by atoms with Gasteiger partial charge in [-0.05, 0) is 41.5 Å². The lowest BCUT2D eigenvalue weighted by Crippen LogP contribution is -2.27. The Kier molecular flexibility index (Phi) is 7.62. The molecule has 0 aliphatic carbocycles. The summed E-state index contributed by atoms with van der Waals surface area (Å²) >= 11 is 0. The van der Waals surface area contributed by atoms with E-state index in [2.05, 4.69) is 0 Å². The molecular weight excluding hydrogens is 208 g/mol. The van der Waals surface area contributed by atoms with Crippen LogP contribution in [-0.2, 0) is 14.6 Å². The topological polar surface area (TPSA) is 55.8 Å². The number of carbonyl (C=O) groups is 1. The third kappa shape index (κ3) is 19.0. The van der Waals surface area contributed by atoms with E-state index in [9.17, 15) is 4.79 Å². The molecule has 4 nitrogen and oxygen atoms in total. The molecule has 0 fully saturated rings. The van der Waals surface area contributed by atoms with E-state index in [1.165, 1.54) is 0 Å². The van der Waals surface area contributed by atoms with E-state index in [0.717, 1.165) is 0 Å². The van der Waals surface area contributed by atoms with Crippen LogP contribution in [0, 0.1) is 5.92 Å². The van der Waals surface area contributed by atoms with E-state index < -0.39 is 5.97 Å². The first-order valence-corrected chi connectivity index (χ1v) is 5.45. The highest BCUT2D eigenvalue weighted by molar-refractivity contribution is 5.68. The molecule has 0 saturated carbocycles. The van der Waals surface area contributed by atoms with E-state index in [-0.39, 0.29) is 17.1 Å². The zero-order valence-corrected chi connectivity index (χ0v) is 11.7. The highest BCUT2D eigenvalue weighted by Crippen LogP contribution is 2.14. The van der Waals surface area contributed by atoms with E-state index in [0.29, 0.717) is 0 Å². The summed E-state index contributed by atoms with van der Waals surface area (Å²) in [5, 5.41) is 7.99. The fourth-order valence-corrected chi connectivity index (χ4v) is 0.250. The van der Waals surface area contributed by atoms with Gasteiger partial charge < -0.3 is 5.11 Å². The first-order chi connectivity index (χ1) is 6.85. The molecule has 0 aromatic carbocycles. The SMILES string of the molecule is CC(C)(C)OOC(C)(C)C.CC(C)C(=O)O. The molecule has 0 radical (unpaired) electrons.